The lowest BCUT2D eigenvalue weighted by Gasteiger charge is -2.46. The highest BCUT2D eigenvalue weighted by atomic mass is 19.1. The van der Waals surface area contributed by atoms with Crippen LogP contribution in [0.4, 0.5) is 10.1 Å². The van der Waals surface area contributed by atoms with E-state index in [0.29, 0.717) is 12.8 Å². The molecule has 0 bridgehead atoms. The number of aliphatic hydroxyl groups is 1. The van der Waals surface area contributed by atoms with Crippen LogP contribution in [0.2, 0.25) is 0 Å². The van der Waals surface area contributed by atoms with Crippen LogP contribution in [0.3, 0.4) is 0 Å². The summed E-state index contributed by atoms with van der Waals surface area (Å²) in [5.41, 5.74) is 1.62. The number of nitrogens with one attached hydrogen (secondary N) is 1. The summed E-state index contributed by atoms with van der Waals surface area (Å²) >= 11 is 0. The predicted octanol–water partition coefficient (Wildman–Crippen LogP) is 5.34. The number of unbranched alkanes of at least 4 members (excludes halogenated alkanes) is 1. The molecule has 0 aliphatic carbocycles. The quantitative estimate of drug-likeness (QED) is 0.406. The summed E-state index contributed by atoms with van der Waals surface area (Å²) in [4.78, 5) is 14.1. The van der Waals surface area contributed by atoms with Crippen LogP contribution in [-0.4, -0.2) is 35.4 Å². The smallest absolute Gasteiger partial charge is 0.248 e. The summed E-state index contributed by atoms with van der Waals surface area (Å²) in [6, 6.07) is 26.2. The molecule has 2 N–H and O–H groups in total. The van der Waals surface area contributed by atoms with Crippen molar-refractivity contribution in [1.29, 1.82) is 0 Å². The van der Waals surface area contributed by atoms with Gasteiger partial charge in [-0.1, -0.05) is 80.4 Å². The zero-order valence-electron chi connectivity index (χ0n) is 21.0. The monoisotopic (exact) mass is 487 g/mol. The first-order chi connectivity index (χ1) is 17.5. The van der Waals surface area contributed by atoms with Crippen molar-refractivity contribution in [2.75, 3.05) is 18.2 Å². The Morgan fingerprint density at radius 2 is 1.64 bits per heavy atom. The van der Waals surface area contributed by atoms with Gasteiger partial charge in [0.15, 0.2) is 5.54 Å². The largest absolute Gasteiger partial charge is 0.395 e. The van der Waals surface area contributed by atoms with Gasteiger partial charge < -0.3 is 10.4 Å². The van der Waals surface area contributed by atoms with Crippen LogP contribution >= 0.6 is 0 Å². The zero-order chi connectivity index (χ0) is 25.6. The lowest BCUT2D eigenvalue weighted by Crippen LogP contribution is -2.64. The molecular formula is C30H34FN3O2. The maximum atomic E-state index is 14.1. The van der Waals surface area contributed by atoms with Crippen LogP contribution in [0.15, 0.2) is 90.0 Å². The molecule has 188 valence electrons. The number of hydrazone groups is 1. The Labute approximate surface area is 212 Å². The number of benzene rings is 3. The van der Waals surface area contributed by atoms with Crippen LogP contribution in [0.1, 0.15) is 44.2 Å². The molecule has 0 fully saturated rings. The number of para-hydroxylation sites is 1. The number of hydrogen-bond donors (Lipinski definition) is 2. The number of nitrogens with zero attached hydrogens (tertiary/aromatic N) is 2. The lowest BCUT2D eigenvalue weighted by atomic mass is 9.60. The fraction of sp³-hybridized carbons (Fsp3) is 0.333. The van der Waals surface area contributed by atoms with E-state index in [1.807, 2.05) is 60.5 Å². The average molecular weight is 488 g/mol. The number of aliphatic hydroxyl groups excluding tert-OH is 1. The number of carbonyl (C=O) groups excluding carboxylic acids is 1. The first-order valence-electron chi connectivity index (χ1n) is 12.6. The Kier molecular flexibility index (Phi) is 7.85. The molecule has 0 saturated heterocycles. The molecule has 6 heteroatoms. The minimum atomic E-state index is -1.11. The SMILES string of the molecule is CCCCC1(Cc2ccccc2)C(c2ccc(F)cc2)=NN(c2ccccc2)C1(C)C(=O)NCCO. The van der Waals surface area contributed by atoms with Crippen LogP contribution in [-0.2, 0) is 11.2 Å². The summed E-state index contributed by atoms with van der Waals surface area (Å²) in [5.74, 6) is -0.517. The second kappa shape index (κ2) is 11.0. The molecule has 2 atom stereocenters. The van der Waals surface area contributed by atoms with Crippen molar-refractivity contribution >= 4 is 17.3 Å². The van der Waals surface area contributed by atoms with Gasteiger partial charge >= 0.3 is 0 Å². The Morgan fingerprint density at radius 3 is 2.25 bits per heavy atom. The van der Waals surface area contributed by atoms with Crippen molar-refractivity contribution < 1.29 is 14.3 Å². The van der Waals surface area contributed by atoms with Gasteiger partial charge in [0.05, 0.1) is 23.4 Å². The Bertz CT molecular complexity index is 1180. The van der Waals surface area contributed by atoms with Crippen molar-refractivity contribution in [2.24, 2.45) is 10.5 Å². The van der Waals surface area contributed by atoms with E-state index >= 15 is 0 Å². The highest BCUT2D eigenvalue weighted by Crippen LogP contribution is 2.52. The predicted molar refractivity (Wildman–Crippen MR) is 142 cm³/mol. The van der Waals surface area contributed by atoms with Crippen molar-refractivity contribution in [3.8, 4) is 0 Å². The molecule has 36 heavy (non-hydrogen) atoms. The van der Waals surface area contributed by atoms with Gasteiger partial charge in [-0.3, -0.25) is 4.79 Å². The number of amides is 1. The zero-order valence-corrected chi connectivity index (χ0v) is 21.0. The van der Waals surface area contributed by atoms with Crippen LogP contribution in [0.5, 0.6) is 0 Å². The topological polar surface area (TPSA) is 64.9 Å². The number of halogens is 1. The van der Waals surface area contributed by atoms with Crippen molar-refractivity contribution in [2.45, 2.75) is 45.1 Å². The molecule has 0 aromatic heterocycles. The normalized spacial score (nSPS) is 21.3. The van der Waals surface area contributed by atoms with E-state index in [0.717, 1.165) is 35.4 Å². The Morgan fingerprint density at radius 1 is 1.00 bits per heavy atom. The molecule has 1 amide bonds. The van der Waals surface area contributed by atoms with Gasteiger partial charge in [-0.05, 0) is 55.2 Å². The standard InChI is InChI=1S/C30H34FN3O2/c1-3-4-19-30(22-23-11-7-5-8-12-23)27(24-15-17-25(31)18-16-24)33-34(26-13-9-6-10-14-26)29(30,2)28(36)32-20-21-35/h5-18,35H,3-4,19-22H2,1-2H3,(H,32,36). The number of hydrogen-bond acceptors (Lipinski definition) is 4. The number of anilines is 1. The van der Waals surface area contributed by atoms with Gasteiger partial charge in [-0.15, -0.1) is 0 Å². The first-order valence-corrected chi connectivity index (χ1v) is 12.6. The highest BCUT2D eigenvalue weighted by Gasteiger charge is 2.63. The molecule has 0 spiro atoms. The van der Waals surface area contributed by atoms with Gasteiger partial charge in [0.1, 0.15) is 5.82 Å². The van der Waals surface area contributed by atoms with Crippen molar-refractivity contribution in [3.63, 3.8) is 0 Å². The molecular weight excluding hydrogens is 453 g/mol. The molecule has 0 radical (unpaired) electrons. The minimum absolute atomic E-state index is 0.151. The fourth-order valence-electron chi connectivity index (χ4n) is 5.34. The Hall–Kier alpha value is -3.51. The van der Waals surface area contributed by atoms with Crippen molar-refractivity contribution in [1.82, 2.24) is 5.32 Å². The van der Waals surface area contributed by atoms with Crippen LogP contribution in [0.25, 0.3) is 0 Å². The molecule has 0 saturated carbocycles. The van der Waals surface area contributed by atoms with E-state index in [4.69, 9.17) is 5.10 Å². The highest BCUT2D eigenvalue weighted by molar-refractivity contribution is 6.13. The number of carbonyl (C=O) groups is 1. The van der Waals surface area contributed by atoms with E-state index in [2.05, 4.69) is 24.4 Å². The second-order valence-corrected chi connectivity index (χ2v) is 9.50. The van der Waals surface area contributed by atoms with Crippen LogP contribution in [0, 0.1) is 11.2 Å². The third-order valence-electron chi connectivity index (χ3n) is 7.27. The second-order valence-electron chi connectivity index (χ2n) is 9.50. The molecule has 3 aromatic carbocycles. The van der Waals surface area contributed by atoms with Gasteiger partial charge in [0.2, 0.25) is 5.91 Å². The molecule has 1 aliphatic heterocycles. The molecule has 2 unspecified atom stereocenters. The summed E-state index contributed by atoms with van der Waals surface area (Å²) in [5, 5.41) is 19.4. The number of rotatable bonds is 10. The van der Waals surface area contributed by atoms with Gasteiger partial charge in [-0.2, -0.15) is 5.10 Å². The van der Waals surface area contributed by atoms with Gasteiger partial charge in [0.25, 0.3) is 0 Å². The van der Waals surface area contributed by atoms with E-state index in [9.17, 15) is 14.3 Å². The summed E-state index contributed by atoms with van der Waals surface area (Å²) in [7, 11) is 0. The summed E-state index contributed by atoms with van der Waals surface area (Å²) in [6.07, 6.45) is 3.13. The average Bonchev–Trinajstić information content (AvgIpc) is 3.16. The maximum Gasteiger partial charge on any atom is 0.248 e. The first kappa shape index (κ1) is 25.6. The fourth-order valence-corrected chi connectivity index (χ4v) is 5.34. The Balaban J connectivity index is 1.99. The summed E-state index contributed by atoms with van der Waals surface area (Å²) in [6.45, 7) is 4.08. The third kappa shape index (κ3) is 4.65. The van der Waals surface area contributed by atoms with E-state index in [1.165, 1.54) is 12.1 Å². The van der Waals surface area contributed by atoms with Crippen LogP contribution < -0.4 is 10.3 Å². The van der Waals surface area contributed by atoms with Crippen molar-refractivity contribution in [3.05, 3.63) is 102 Å². The van der Waals surface area contributed by atoms with Gasteiger partial charge in [0, 0.05) is 6.54 Å². The lowest BCUT2D eigenvalue weighted by molar-refractivity contribution is -0.129. The molecule has 5 nitrogen and oxygen atoms in total. The van der Waals surface area contributed by atoms with E-state index in [-0.39, 0.29) is 24.9 Å². The van der Waals surface area contributed by atoms with Gasteiger partial charge in [-0.25, -0.2) is 9.40 Å². The minimum Gasteiger partial charge on any atom is -0.395 e. The maximum absolute atomic E-state index is 14.1. The third-order valence-corrected chi connectivity index (χ3v) is 7.27. The molecule has 1 heterocycles. The molecule has 4 rings (SSSR count). The van der Waals surface area contributed by atoms with E-state index in [1.54, 1.807) is 12.1 Å². The molecule has 1 aliphatic rings. The molecule has 3 aromatic rings. The van der Waals surface area contributed by atoms with E-state index < -0.39 is 11.0 Å². The summed E-state index contributed by atoms with van der Waals surface area (Å²) < 4.78 is 13.9.